The molecule has 0 spiro atoms. The first-order valence-corrected chi connectivity index (χ1v) is 6.98. The smallest absolute Gasteiger partial charge is 0.275 e. The van der Waals surface area contributed by atoms with Crippen molar-refractivity contribution in [2.24, 2.45) is 5.10 Å². The monoisotopic (exact) mass is 311 g/mol. The largest absolute Gasteiger partial charge is 0.507 e. The van der Waals surface area contributed by atoms with Gasteiger partial charge in [-0.1, -0.05) is 24.3 Å². The average Bonchev–Trinajstić information content (AvgIpc) is 2.52. The number of amides is 2. The van der Waals surface area contributed by atoms with Gasteiger partial charge >= 0.3 is 0 Å². The van der Waals surface area contributed by atoms with E-state index in [9.17, 15) is 14.7 Å². The highest BCUT2D eigenvalue weighted by Gasteiger charge is 2.09. The summed E-state index contributed by atoms with van der Waals surface area (Å²) in [5.41, 5.74) is 4.53. The van der Waals surface area contributed by atoms with E-state index in [1.54, 1.807) is 37.3 Å². The second-order valence-electron chi connectivity index (χ2n) is 4.92. The maximum atomic E-state index is 12.0. The normalized spacial score (nSPS) is 11.0. The van der Waals surface area contributed by atoms with Crippen LogP contribution in [0.25, 0.3) is 0 Å². The van der Waals surface area contributed by atoms with E-state index in [4.69, 9.17) is 0 Å². The fourth-order valence-corrected chi connectivity index (χ4v) is 1.95. The molecule has 2 aromatic carbocycles. The van der Waals surface area contributed by atoms with E-state index in [0.717, 1.165) is 5.56 Å². The molecule has 118 valence electrons. The Kier molecular flexibility index (Phi) is 5.09. The third-order valence-corrected chi connectivity index (χ3v) is 3.07. The van der Waals surface area contributed by atoms with Crippen molar-refractivity contribution in [3.8, 4) is 5.75 Å². The van der Waals surface area contributed by atoms with Crippen LogP contribution in [-0.4, -0.2) is 22.6 Å². The Morgan fingerprint density at radius 1 is 1.04 bits per heavy atom. The lowest BCUT2D eigenvalue weighted by Gasteiger charge is -2.06. The van der Waals surface area contributed by atoms with E-state index >= 15 is 0 Å². The highest BCUT2D eigenvalue weighted by atomic mass is 16.3. The van der Waals surface area contributed by atoms with Crippen molar-refractivity contribution in [1.82, 2.24) is 5.43 Å². The van der Waals surface area contributed by atoms with Crippen LogP contribution in [0.4, 0.5) is 5.69 Å². The Labute approximate surface area is 133 Å². The molecule has 0 fully saturated rings. The van der Waals surface area contributed by atoms with Crippen molar-refractivity contribution in [2.45, 2.75) is 13.8 Å². The molecule has 0 heterocycles. The first-order chi connectivity index (χ1) is 11.0. The second kappa shape index (κ2) is 7.22. The number of benzene rings is 2. The molecular weight excluding hydrogens is 294 g/mol. The number of carbonyl (C=O) groups excluding carboxylic acids is 2. The molecule has 0 saturated heterocycles. The molecule has 0 aliphatic rings. The molecule has 2 rings (SSSR count). The zero-order valence-corrected chi connectivity index (χ0v) is 12.8. The van der Waals surface area contributed by atoms with Gasteiger partial charge in [-0.25, -0.2) is 5.43 Å². The topological polar surface area (TPSA) is 90.8 Å². The first-order valence-electron chi connectivity index (χ1n) is 6.98. The van der Waals surface area contributed by atoms with Crippen LogP contribution in [0.2, 0.25) is 0 Å². The summed E-state index contributed by atoms with van der Waals surface area (Å²) in [4.78, 5) is 23.1. The fourth-order valence-electron chi connectivity index (χ4n) is 1.95. The number of para-hydroxylation sites is 1. The Hall–Kier alpha value is -3.15. The number of aromatic hydroxyl groups is 1. The summed E-state index contributed by atoms with van der Waals surface area (Å²) in [5.74, 6) is -0.768. The van der Waals surface area contributed by atoms with Crippen LogP contribution in [0.3, 0.4) is 0 Å². The molecule has 0 bridgehead atoms. The molecular formula is C17H17N3O3. The van der Waals surface area contributed by atoms with E-state index in [1.807, 2.05) is 6.07 Å². The van der Waals surface area contributed by atoms with E-state index < -0.39 is 5.91 Å². The molecule has 2 aromatic rings. The van der Waals surface area contributed by atoms with E-state index in [0.29, 0.717) is 11.4 Å². The molecule has 0 unspecified atom stereocenters. The third kappa shape index (κ3) is 4.41. The van der Waals surface area contributed by atoms with Crippen LogP contribution < -0.4 is 10.7 Å². The minimum Gasteiger partial charge on any atom is -0.507 e. The number of phenolic OH excluding ortho intramolecular Hbond substituents is 1. The summed E-state index contributed by atoms with van der Waals surface area (Å²) >= 11 is 0. The van der Waals surface area contributed by atoms with Gasteiger partial charge in [-0.15, -0.1) is 0 Å². The highest BCUT2D eigenvalue weighted by molar-refractivity contribution is 6.02. The molecule has 0 atom stereocenters. The standard InChI is InChI=1S/C17H17N3O3/c1-11(13-6-5-7-14(10-13)18-12(2)21)19-20-17(23)15-8-3-4-9-16(15)22/h3-10,22H,1-2H3,(H,18,21)(H,20,23)/b19-11+. The fraction of sp³-hybridized carbons (Fsp3) is 0.118. The quantitative estimate of drug-likeness (QED) is 0.598. The van der Waals surface area contributed by atoms with Crippen LogP contribution in [0.5, 0.6) is 5.75 Å². The lowest BCUT2D eigenvalue weighted by Crippen LogP contribution is -2.19. The van der Waals surface area contributed by atoms with Crippen LogP contribution in [0, 0.1) is 0 Å². The van der Waals surface area contributed by atoms with Crippen molar-refractivity contribution in [3.05, 3.63) is 59.7 Å². The molecule has 2 amide bonds. The summed E-state index contributed by atoms with van der Waals surface area (Å²) in [6.45, 7) is 3.16. The second-order valence-corrected chi connectivity index (χ2v) is 4.92. The highest BCUT2D eigenvalue weighted by Crippen LogP contribution is 2.15. The predicted molar refractivity (Wildman–Crippen MR) is 88.5 cm³/mol. The lowest BCUT2D eigenvalue weighted by atomic mass is 10.1. The minimum atomic E-state index is -0.500. The zero-order chi connectivity index (χ0) is 16.8. The molecule has 3 N–H and O–H groups in total. The molecule has 23 heavy (non-hydrogen) atoms. The van der Waals surface area contributed by atoms with Gasteiger partial charge in [-0.2, -0.15) is 5.10 Å². The number of hydrogen-bond donors (Lipinski definition) is 3. The summed E-state index contributed by atoms with van der Waals surface area (Å²) in [7, 11) is 0. The number of nitrogens with one attached hydrogen (secondary N) is 2. The molecule has 0 aliphatic heterocycles. The number of anilines is 1. The van der Waals surface area contributed by atoms with Crippen molar-refractivity contribution in [1.29, 1.82) is 0 Å². The Balaban J connectivity index is 2.12. The number of carbonyl (C=O) groups is 2. The van der Waals surface area contributed by atoms with Gasteiger partial charge in [0.15, 0.2) is 0 Å². The van der Waals surface area contributed by atoms with Crippen molar-refractivity contribution in [3.63, 3.8) is 0 Å². The molecule has 0 radical (unpaired) electrons. The van der Waals surface area contributed by atoms with Gasteiger partial charge in [-0.3, -0.25) is 9.59 Å². The Bertz CT molecular complexity index is 769. The average molecular weight is 311 g/mol. The molecule has 6 heteroatoms. The maximum Gasteiger partial charge on any atom is 0.275 e. The van der Waals surface area contributed by atoms with Crippen molar-refractivity contribution in [2.75, 3.05) is 5.32 Å². The van der Waals surface area contributed by atoms with Gasteiger partial charge in [0.1, 0.15) is 5.75 Å². The molecule has 6 nitrogen and oxygen atoms in total. The summed E-state index contributed by atoms with van der Waals surface area (Å²) in [6, 6.07) is 13.3. The lowest BCUT2D eigenvalue weighted by molar-refractivity contribution is -0.114. The predicted octanol–water partition coefficient (Wildman–Crippen LogP) is 2.50. The van der Waals surface area contributed by atoms with Gasteiger partial charge in [0.05, 0.1) is 11.3 Å². The molecule has 0 aromatic heterocycles. The number of hydrazone groups is 1. The van der Waals surface area contributed by atoms with Gasteiger partial charge < -0.3 is 10.4 Å². The number of hydrogen-bond acceptors (Lipinski definition) is 4. The summed E-state index contributed by atoms with van der Waals surface area (Å²) in [6.07, 6.45) is 0. The number of phenols is 1. The number of nitrogens with zero attached hydrogens (tertiary/aromatic N) is 1. The number of rotatable bonds is 4. The Morgan fingerprint density at radius 2 is 1.78 bits per heavy atom. The minimum absolute atomic E-state index is 0.106. The van der Waals surface area contributed by atoms with Gasteiger partial charge in [0.2, 0.25) is 5.91 Å². The molecule has 0 aliphatic carbocycles. The van der Waals surface area contributed by atoms with Crippen molar-refractivity contribution < 1.29 is 14.7 Å². The van der Waals surface area contributed by atoms with Crippen molar-refractivity contribution >= 4 is 23.2 Å². The summed E-state index contributed by atoms with van der Waals surface area (Å²) < 4.78 is 0. The maximum absolute atomic E-state index is 12.0. The van der Waals surface area contributed by atoms with E-state index in [-0.39, 0.29) is 17.2 Å². The van der Waals surface area contributed by atoms with Gasteiger partial charge in [0, 0.05) is 12.6 Å². The van der Waals surface area contributed by atoms with Gasteiger partial charge in [0.25, 0.3) is 5.91 Å². The van der Waals surface area contributed by atoms with E-state index in [1.165, 1.54) is 19.1 Å². The van der Waals surface area contributed by atoms with Crippen LogP contribution in [-0.2, 0) is 4.79 Å². The van der Waals surface area contributed by atoms with Crippen LogP contribution in [0.15, 0.2) is 53.6 Å². The first kappa shape index (κ1) is 16.2. The third-order valence-electron chi connectivity index (χ3n) is 3.07. The Morgan fingerprint density at radius 3 is 2.48 bits per heavy atom. The van der Waals surface area contributed by atoms with Gasteiger partial charge in [-0.05, 0) is 36.8 Å². The zero-order valence-electron chi connectivity index (χ0n) is 12.8. The SMILES string of the molecule is CC(=O)Nc1cccc(/C(C)=N/NC(=O)c2ccccc2O)c1. The van der Waals surface area contributed by atoms with Crippen LogP contribution in [0.1, 0.15) is 29.8 Å². The summed E-state index contributed by atoms with van der Waals surface area (Å²) in [5, 5.41) is 16.3. The van der Waals surface area contributed by atoms with Crippen LogP contribution >= 0.6 is 0 Å². The van der Waals surface area contributed by atoms with E-state index in [2.05, 4.69) is 15.8 Å². The molecule has 0 saturated carbocycles.